The molecule has 166 valence electrons. The molecular weight excluding hydrogens is 416 g/mol. The molecule has 1 atom stereocenters. The van der Waals surface area contributed by atoms with Crippen LogP contribution in [0.1, 0.15) is 34.6 Å². The Balaban J connectivity index is 2.06. The Kier molecular flexibility index (Phi) is 6.40. The Labute approximate surface area is 183 Å². The van der Waals surface area contributed by atoms with E-state index in [1.165, 1.54) is 6.92 Å². The van der Waals surface area contributed by atoms with E-state index in [1.54, 1.807) is 54.8 Å². The molecule has 0 N–H and O–H groups in total. The summed E-state index contributed by atoms with van der Waals surface area (Å²) in [6, 6.07) is 12.0. The summed E-state index contributed by atoms with van der Waals surface area (Å²) in [6.07, 6.45) is -0.464. The first-order valence-corrected chi connectivity index (χ1v) is 11.8. The van der Waals surface area contributed by atoms with E-state index in [0.717, 1.165) is 11.1 Å². The van der Waals surface area contributed by atoms with Gasteiger partial charge in [-0.3, -0.25) is 9.69 Å². The van der Waals surface area contributed by atoms with Crippen LogP contribution >= 0.6 is 0 Å². The number of fused-ring (bicyclic) bond motifs is 1. The van der Waals surface area contributed by atoms with E-state index in [1.807, 2.05) is 25.1 Å². The fraction of sp³-hybridized carbons (Fsp3) is 0.391. The van der Waals surface area contributed by atoms with Gasteiger partial charge in [-0.1, -0.05) is 18.2 Å². The highest BCUT2D eigenvalue weighted by molar-refractivity contribution is 7.92. The minimum Gasteiger partial charge on any atom is -0.449 e. The first kappa shape index (κ1) is 22.8. The van der Waals surface area contributed by atoms with Gasteiger partial charge in [0.15, 0.2) is 9.84 Å². The predicted molar refractivity (Wildman–Crippen MR) is 121 cm³/mol. The predicted octanol–water partition coefficient (Wildman–Crippen LogP) is 4.25. The van der Waals surface area contributed by atoms with E-state index in [-0.39, 0.29) is 23.5 Å². The van der Waals surface area contributed by atoms with Gasteiger partial charge in [-0.25, -0.2) is 13.2 Å². The van der Waals surface area contributed by atoms with Crippen molar-refractivity contribution < 1.29 is 22.7 Å². The Morgan fingerprint density at radius 2 is 1.68 bits per heavy atom. The summed E-state index contributed by atoms with van der Waals surface area (Å²) in [6.45, 7) is 9.01. The number of sulfone groups is 1. The third kappa shape index (κ3) is 4.30. The summed E-state index contributed by atoms with van der Waals surface area (Å²) in [7, 11) is -3.35. The summed E-state index contributed by atoms with van der Waals surface area (Å²) in [5, 5.41) is -0.500. The number of ether oxygens (including phenoxy) is 1. The quantitative estimate of drug-likeness (QED) is 0.704. The van der Waals surface area contributed by atoms with Crippen LogP contribution in [0.4, 0.5) is 16.2 Å². The highest BCUT2D eigenvalue weighted by Crippen LogP contribution is 2.39. The Morgan fingerprint density at radius 1 is 1.06 bits per heavy atom. The fourth-order valence-corrected chi connectivity index (χ4v) is 4.83. The molecule has 0 fully saturated rings. The molecular formula is C23H28N2O5S. The molecule has 0 aliphatic carbocycles. The molecule has 3 rings (SSSR count). The molecule has 1 aliphatic heterocycles. The molecule has 7 nitrogen and oxygen atoms in total. The van der Waals surface area contributed by atoms with Gasteiger partial charge in [0.05, 0.1) is 34.2 Å². The van der Waals surface area contributed by atoms with Crippen molar-refractivity contribution in [3.63, 3.8) is 0 Å². The van der Waals surface area contributed by atoms with Crippen molar-refractivity contribution in [2.45, 2.75) is 50.8 Å². The molecule has 0 unspecified atom stereocenters. The molecule has 1 heterocycles. The molecule has 0 saturated heterocycles. The SMILES string of the molecule is CCOC(=O)N1C[C@H](C)N(C(C)=O)c2ccc(-c3ccc(S(=O)(=O)C(C)C)cc3)cc21. The lowest BCUT2D eigenvalue weighted by molar-refractivity contribution is -0.117. The maximum Gasteiger partial charge on any atom is 0.414 e. The number of carbonyl (C=O) groups is 2. The van der Waals surface area contributed by atoms with Crippen LogP contribution in [-0.2, 0) is 19.4 Å². The number of anilines is 2. The average molecular weight is 445 g/mol. The number of hydrogen-bond donors (Lipinski definition) is 0. The van der Waals surface area contributed by atoms with Crippen LogP contribution in [0.5, 0.6) is 0 Å². The molecule has 8 heteroatoms. The summed E-state index contributed by atoms with van der Waals surface area (Å²) >= 11 is 0. The number of carbonyl (C=O) groups excluding carboxylic acids is 2. The molecule has 1 aliphatic rings. The van der Waals surface area contributed by atoms with Crippen LogP contribution in [0, 0.1) is 0 Å². The second-order valence-electron chi connectivity index (χ2n) is 7.87. The summed E-state index contributed by atoms with van der Waals surface area (Å²) in [5.74, 6) is -0.103. The first-order chi connectivity index (χ1) is 14.6. The fourth-order valence-electron chi connectivity index (χ4n) is 3.77. The highest BCUT2D eigenvalue weighted by Gasteiger charge is 2.34. The topological polar surface area (TPSA) is 84.0 Å². The second-order valence-corrected chi connectivity index (χ2v) is 10.4. The molecule has 2 amide bonds. The van der Waals surface area contributed by atoms with Crippen molar-refractivity contribution in [2.24, 2.45) is 0 Å². The molecule has 0 saturated carbocycles. The van der Waals surface area contributed by atoms with Gasteiger partial charge in [-0.2, -0.15) is 0 Å². The number of hydrogen-bond acceptors (Lipinski definition) is 5. The van der Waals surface area contributed by atoms with Crippen molar-refractivity contribution >= 4 is 33.2 Å². The van der Waals surface area contributed by atoms with Gasteiger partial charge in [0.2, 0.25) is 5.91 Å². The standard InChI is InChI=1S/C23H28N2O5S/c1-6-30-23(27)24-14-16(4)25(17(5)26)21-12-9-19(13-22(21)24)18-7-10-20(11-8-18)31(28,29)15(2)3/h7-13,15-16H,6,14H2,1-5H3/t16-/m0/s1. The lowest BCUT2D eigenvalue weighted by Crippen LogP contribution is -2.51. The van der Waals surface area contributed by atoms with Crippen LogP contribution in [0.25, 0.3) is 11.1 Å². The van der Waals surface area contributed by atoms with Gasteiger partial charge in [0.1, 0.15) is 0 Å². The van der Waals surface area contributed by atoms with E-state index >= 15 is 0 Å². The number of benzene rings is 2. The largest absolute Gasteiger partial charge is 0.449 e. The summed E-state index contributed by atoms with van der Waals surface area (Å²) < 4.78 is 30.0. The van der Waals surface area contributed by atoms with Gasteiger partial charge in [0.25, 0.3) is 0 Å². The Hall–Kier alpha value is -2.87. The third-order valence-corrected chi connectivity index (χ3v) is 7.55. The zero-order valence-electron chi connectivity index (χ0n) is 18.5. The van der Waals surface area contributed by atoms with Crippen LogP contribution in [-0.4, -0.2) is 44.9 Å². The van der Waals surface area contributed by atoms with Crippen molar-refractivity contribution in [1.29, 1.82) is 0 Å². The lowest BCUT2D eigenvalue weighted by Gasteiger charge is -2.40. The minimum atomic E-state index is -3.35. The average Bonchev–Trinajstić information content (AvgIpc) is 2.72. The molecule has 2 aromatic rings. The summed E-state index contributed by atoms with van der Waals surface area (Å²) in [4.78, 5) is 28.3. The van der Waals surface area contributed by atoms with Gasteiger partial charge < -0.3 is 9.64 Å². The monoisotopic (exact) mass is 444 g/mol. The van der Waals surface area contributed by atoms with Gasteiger partial charge in [-0.05, 0) is 63.1 Å². The summed E-state index contributed by atoms with van der Waals surface area (Å²) in [5.41, 5.74) is 2.84. The lowest BCUT2D eigenvalue weighted by atomic mass is 10.0. The molecule has 0 radical (unpaired) electrons. The van der Waals surface area contributed by atoms with Crippen molar-refractivity contribution in [3.8, 4) is 11.1 Å². The van der Waals surface area contributed by atoms with E-state index < -0.39 is 21.2 Å². The third-order valence-electron chi connectivity index (χ3n) is 5.38. The van der Waals surface area contributed by atoms with Crippen molar-refractivity contribution in [3.05, 3.63) is 42.5 Å². The van der Waals surface area contributed by atoms with Gasteiger partial charge >= 0.3 is 6.09 Å². The maximum absolute atomic E-state index is 12.6. The zero-order valence-corrected chi connectivity index (χ0v) is 19.3. The minimum absolute atomic E-state index is 0.103. The van der Waals surface area contributed by atoms with E-state index in [9.17, 15) is 18.0 Å². The highest BCUT2D eigenvalue weighted by atomic mass is 32.2. The molecule has 31 heavy (non-hydrogen) atoms. The number of rotatable bonds is 4. The molecule has 0 spiro atoms. The Morgan fingerprint density at radius 3 is 2.23 bits per heavy atom. The number of nitrogens with zero attached hydrogens (tertiary/aromatic N) is 2. The molecule has 0 aromatic heterocycles. The Bertz CT molecular complexity index is 1090. The van der Waals surface area contributed by atoms with Gasteiger partial charge in [-0.15, -0.1) is 0 Å². The van der Waals surface area contributed by atoms with Crippen molar-refractivity contribution in [2.75, 3.05) is 23.0 Å². The normalized spacial score (nSPS) is 16.3. The number of amides is 2. The van der Waals surface area contributed by atoms with E-state index in [4.69, 9.17) is 4.74 Å². The van der Waals surface area contributed by atoms with Crippen LogP contribution < -0.4 is 9.80 Å². The zero-order chi connectivity index (χ0) is 22.9. The molecule has 2 aromatic carbocycles. The smallest absolute Gasteiger partial charge is 0.414 e. The van der Waals surface area contributed by atoms with Gasteiger partial charge in [0, 0.05) is 13.5 Å². The van der Waals surface area contributed by atoms with Crippen LogP contribution in [0.2, 0.25) is 0 Å². The second kappa shape index (κ2) is 8.70. The van der Waals surface area contributed by atoms with Crippen LogP contribution in [0.15, 0.2) is 47.4 Å². The maximum atomic E-state index is 12.6. The molecule has 0 bridgehead atoms. The van der Waals surface area contributed by atoms with Crippen molar-refractivity contribution in [1.82, 2.24) is 0 Å². The van der Waals surface area contributed by atoms with E-state index in [0.29, 0.717) is 17.9 Å². The first-order valence-electron chi connectivity index (χ1n) is 10.3. The van der Waals surface area contributed by atoms with Crippen LogP contribution in [0.3, 0.4) is 0 Å². The van der Waals surface area contributed by atoms with E-state index in [2.05, 4.69) is 0 Å².